The number of nitrogens with one attached hydrogen (secondary N) is 1. The second-order valence-corrected chi connectivity index (χ2v) is 8.72. The fourth-order valence-electron chi connectivity index (χ4n) is 5.64. The maximum atomic E-state index is 12.8. The van der Waals surface area contributed by atoms with E-state index in [0.717, 1.165) is 64.4 Å². The van der Waals surface area contributed by atoms with Gasteiger partial charge in [-0.25, -0.2) is 0 Å². The van der Waals surface area contributed by atoms with Crippen LogP contribution in [0.25, 0.3) is 0 Å². The van der Waals surface area contributed by atoms with E-state index in [1.165, 1.54) is 32.1 Å². The highest BCUT2D eigenvalue weighted by atomic mass is 16.2. The molecule has 0 radical (unpaired) electrons. The molecule has 1 N–H and O–H groups in total. The van der Waals surface area contributed by atoms with Gasteiger partial charge in [0.25, 0.3) is 0 Å². The Kier molecular flexibility index (Phi) is 5.30. The predicted octanol–water partition coefficient (Wildman–Crippen LogP) is 1.87. The topological polar surface area (TPSA) is 52.7 Å². The van der Waals surface area contributed by atoms with Gasteiger partial charge in [-0.2, -0.15) is 0 Å². The summed E-state index contributed by atoms with van der Waals surface area (Å²) in [6, 6.07) is 0. The first-order valence-electron chi connectivity index (χ1n) is 10.5. The zero-order chi connectivity index (χ0) is 17.2. The summed E-state index contributed by atoms with van der Waals surface area (Å²) in [7, 11) is 0. The van der Waals surface area contributed by atoms with Crippen LogP contribution in [0.15, 0.2) is 0 Å². The monoisotopic (exact) mass is 347 g/mol. The number of hydrogen-bond acceptors (Lipinski definition) is 3. The van der Waals surface area contributed by atoms with Crippen LogP contribution < -0.4 is 5.32 Å². The van der Waals surface area contributed by atoms with Crippen molar-refractivity contribution < 1.29 is 9.59 Å². The maximum Gasteiger partial charge on any atom is 0.226 e. The zero-order valence-electron chi connectivity index (χ0n) is 15.4. The van der Waals surface area contributed by atoms with Crippen molar-refractivity contribution in [1.29, 1.82) is 0 Å². The van der Waals surface area contributed by atoms with Crippen molar-refractivity contribution in [2.24, 2.45) is 23.7 Å². The minimum absolute atomic E-state index is 0.252. The van der Waals surface area contributed by atoms with Crippen LogP contribution in [-0.4, -0.2) is 60.9 Å². The Labute approximate surface area is 151 Å². The summed E-state index contributed by atoms with van der Waals surface area (Å²) in [4.78, 5) is 29.4. The Bertz CT molecular complexity index is 495. The van der Waals surface area contributed by atoms with Gasteiger partial charge in [0.2, 0.25) is 11.8 Å². The average molecular weight is 348 g/mol. The van der Waals surface area contributed by atoms with Crippen molar-refractivity contribution in [2.45, 2.75) is 51.4 Å². The van der Waals surface area contributed by atoms with Crippen molar-refractivity contribution in [1.82, 2.24) is 15.1 Å². The second kappa shape index (κ2) is 7.65. The SMILES string of the molecule is O=C(NCCN1CCN(C(=O)[C@H]2C[C@H]3CC[C@H]2C3)CC1)C1CCCC1. The third-order valence-electron chi connectivity index (χ3n) is 7.19. The Balaban J connectivity index is 1.15. The third kappa shape index (κ3) is 3.86. The van der Waals surface area contributed by atoms with E-state index >= 15 is 0 Å². The maximum absolute atomic E-state index is 12.8. The van der Waals surface area contributed by atoms with Gasteiger partial charge in [0.1, 0.15) is 0 Å². The molecule has 25 heavy (non-hydrogen) atoms. The van der Waals surface area contributed by atoms with E-state index in [1.54, 1.807) is 0 Å². The lowest BCUT2D eigenvalue weighted by Crippen LogP contribution is -2.52. The van der Waals surface area contributed by atoms with Crippen LogP contribution in [0.2, 0.25) is 0 Å². The number of fused-ring (bicyclic) bond motifs is 2. The first kappa shape index (κ1) is 17.3. The molecule has 0 aromatic rings. The van der Waals surface area contributed by atoms with Crippen LogP contribution in [-0.2, 0) is 9.59 Å². The third-order valence-corrected chi connectivity index (χ3v) is 7.19. The van der Waals surface area contributed by atoms with Crippen molar-refractivity contribution in [3.63, 3.8) is 0 Å². The van der Waals surface area contributed by atoms with E-state index in [4.69, 9.17) is 0 Å². The molecule has 0 spiro atoms. The molecule has 1 saturated heterocycles. The number of carbonyl (C=O) groups excluding carboxylic acids is 2. The van der Waals surface area contributed by atoms with Crippen LogP contribution in [0.3, 0.4) is 0 Å². The minimum Gasteiger partial charge on any atom is -0.355 e. The zero-order valence-corrected chi connectivity index (χ0v) is 15.4. The average Bonchev–Trinajstić information content (AvgIpc) is 3.39. The number of amides is 2. The smallest absolute Gasteiger partial charge is 0.226 e. The van der Waals surface area contributed by atoms with Crippen molar-refractivity contribution in [3.8, 4) is 0 Å². The van der Waals surface area contributed by atoms with Crippen molar-refractivity contribution in [2.75, 3.05) is 39.3 Å². The van der Waals surface area contributed by atoms with Gasteiger partial charge in [0.15, 0.2) is 0 Å². The number of hydrogen-bond donors (Lipinski definition) is 1. The van der Waals surface area contributed by atoms with E-state index in [0.29, 0.717) is 17.7 Å². The van der Waals surface area contributed by atoms with Crippen molar-refractivity contribution in [3.05, 3.63) is 0 Å². The molecule has 3 aliphatic carbocycles. The van der Waals surface area contributed by atoms with Gasteiger partial charge in [0.05, 0.1) is 0 Å². The van der Waals surface area contributed by atoms with Crippen LogP contribution >= 0.6 is 0 Å². The molecule has 1 aliphatic heterocycles. The number of rotatable bonds is 5. The number of nitrogens with zero attached hydrogens (tertiary/aromatic N) is 2. The van der Waals surface area contributed by atoms with Crippen LogP contribution in [0.1, 0.15) is 51.4 Å². The lowest BCUT2D eigenvalue weighted by molar-refractivity contribution is -0.139. The Morgan fingerprint density at radius 3 is 2.32 bits per heavy atom. The summed E-state index contributed by atoms with van der Waals surface area (Å²) in [6.07, 6.45) is 9.63. The highest BCUT2D eigenvalue weighted by Crippen LogP contribution is 2.48. The van der Waals surface area contributed by atoms with Crippen LogP contribution in [0, 0.1) is 23.7 Å². The predicted molar refractivity (Wildman–Crippen MR) is 96.9 cm³/mol. The van der Waals surface area contributed by atoms with Gasteiger partial charge >= 0.3 is 0 Å². The molecule has 140 valence electrons. The van der Waals surface area contributed by atoms with E-state index in [9.17, 15) is 9.59 Å². The van der Waals surface area contributed by atoms with E-state index in [2.05, 4.69) is 15.1 Å². The summed E-state index contributed by atoms with van der Waals surface area (Å²) in [6.45, 7) is 5.29. The number of piperazine rings is 1. The molecular formula is C20H33N3O2. The molecule has 5 nitrogen and oxygen atoms in total. The molecule has 0 aromatic heterocycles. The Morgan fingerprint density at radius 2 is 1.68 bits per heavy atom. The van der Waals surface area contributed by atoms with Gasteiger partial charge in [-0.1, -0.05) is 19.3 Å². The molecular weight excluding hydrogens is 314 g/mol. The van der Waals surface area contributed by atoms with Crippen molar-refractivity contribution >= 4 is 11.8 Å². The summed E-state index contributed by atoms with van der Waals surface area (Å²) in [5.74, 6) is 2.79. The molecule has 1 heterocycles. The standard InChI is InChI=1S/C20H33N3O2/c24-19(16-3-1-2-4-16)21-7-8-22-9-11-23(12-10-22)20(25)18-14-15-5-6-17(18)13-15/h15-18H,1-14H2,(H,21,24)/t15-,17-,18-/m0/s1. The molecule has 3 atom stereocenters. The first-order valence-corrected chi connectivity index (χ1v) is 10.5. The number of carbonyl (C=O) groups is 2. The van der Waals surface area contributed by atoms with Crippen LogP contribution in [0.5, 0.6) is 0 Å². The first-order chi connectivity index (χ1) is 12.2. The van der Waals surface area contributed by atoms with Gasteiger partial charge in [0, 0.05) is 51.1 Å². The fourth-order valence-corrected chi connectivity index (χ4v) is 5.64. The van der Waals surface area contributed by atoms with Gasteiger partial charge in [-0.3, -0.25) is 14.5 Å². The Morgan fingerprint density at radius 1 is 0.920 bits per heavy atom. The molecule has 3 saturated carbocycles. The lowest BCUT2D eigenvalue weighted by atomic mass is 9.87. The largest absolute Gasteiger partial charge is 0.355 e. The molecule has 2 amide bonds. The second-order valence-electron chi connectivity index (χ2n) is 8.72. The summed E-state index contributed by atoms with van der Waals surface area (Å²) in [5, 5.41) is 3.11. The van der Waals surface area contributed by atoms with Gasteiger partial charge in [-0.05, 0) is 43.9 Å². The molecule has 0 unspecified atom stereocenters. The highest BCUT2D eigenvalue weighted by molar-refractivity contribution is 5.80. The quantitative estimate of drug-likeness (QED) is 0.826. The van der Waals surface area contributed by atoms with E-state index in [-0.39, 0.29) is 11.8 Å². The normalized spacial score (nSPS) is 33.1. The molecule has 2 bridgehead atoms. The van der Waals surface area contributed by atoms with E-state index < -0.39 is 0 Å². The van der Waals surface area contributed by atoms with E-state index in [1.807, 2.05) is 0 Å². The van der Waals surface area contributed by atoms with Gasteiger partial charge < -0.3 is 10.2 Å². The molecule has 4 fully saturated rings. The summed E-state index contributed by atoms with van der Waals surface area (Å²) < 4.78 is 0. The highest BCUT2D eigenvalue weighted by Gasteiger charge is 2.44. The Hall–Kier alpha value is -1.10. The molecule has 4 rings (SSSR count). The minimum atomic E-state index is 0.252. The van der Waals surface area contributed by atoms with Crippen LogP contribution in [0.4, 0.5) is 0 Å². The summed E-state index contributed by atoms with van der Waals surface area (Å²) in [5.41, 5.74) is 0. The fraction of sp³-hybridized carbons (Fsp3) is 0.900. The van der Waals surface area contributed by atoms with Gasteiger partial charge in [-0.15, -0.1) is 0 Å². The molecule has 0 aromatic carbocycles. The molecule has 4 aliphatic rings. The summed E-state index contributed by atoms with van der Waals surface area (Å²) >= 11 is 0. The lowest BCUT2D eigenvalue weighted by Gasteiger charge is -2.37. The molecule has 5 heteroatoms.